The van der Waals surface area contributed by atoms with Crippen molar-refractivity contribution in [1.82, 2.24) is 15.0 Å². The van der Waals surface area contributed by atoms with Gasteiger partial charge in [-0.15, -0.1) is 0 Å². The molecular formula is C49H33N3. The van der Waals surface area contributed by atoms with E-state index < -0.39 is 0 Å². The summed E-state index contributed by atoms with van der Waals surface area (Å²) in [6.07, 6.45) is 0. The monoisotopic (exact) mass is 663 g/mol. The number of rotatable bonds is 7. The van der Waals surface area contributed by atoms with Gasteiger partial charge in [0.05, 0.1) is 0 Å². The summed E-state index contributed by atoms with van der Waals surface area (Å²) in [6, 6.07) is 70.2. The number of benzene rings is 8. The van der Waals surface area contributed by atoms with Crippen LogP contribution in [0.25, 0.3) is 89.4 Å². The SMILES string of the molecule is c1ccc(-c2cccc(-c3cccc(-c4cccc(-c5cccc(-c6nc(-c7ccccc7)nc(-c7ccc8ccccc8c7)n6)c5)c4)c3)c2)cc1. The van der Waals surface area contributed by atoms with Crippen LogP contribution in [0.2, 0.25) is 0 Å². The van der Waals surface area contributed by atoms with E-state index in [2.05, 4.69) is 170 Å². The molecule has 0 aliphatic rings. The van der Waals surface area contributed by atoms with E-state index >= 15 is 0 Å². The third-order valence-corrected chi connectivity index (χ3v) is 9.49. The van der Waals surface area contributed by atoms with E-state index in [0.717, 1.165) is 38.8 Å². The minimum Gasteiger partial charge on any atom is -0.208 e. The summed E-state index contributed by atoms with van der Waals surface area (Å²) < 4.78 is 0. The van der Waals surface area contributed by atoms with Gasteiger partial charge in [-0.1, -0.05) is 170 Å². The zero-order valence-corrected chi connectivity index (χ0v) is 28.4. The summed E-state index contributed by atoms with van der Waals surface area (Å²) in [5.41, 5.74) is 12.2. The standard InChI is InChI=1S/C49H33N3/c1-3-13-34(14-4-1)38-19-9-20-39(29-38)40-21-10-22-41(30-40)42-23-11-24-43(31-42)44-25-12-26-45(33-44)48-50-47(36-16-5-2-6-17-36)51-49(52-48)46-28-27-35-15-7-8-18-37(35)32-46/h1-33H. The Labute approximate surface area is 303 Å². The van der Waals surface area contributed by atoms with E-state index in [1.165, 1.54) is 33.2 Å². The Bertz CT molecular complexity index is 2680. The van der Waals surface area contributed by atoms with E-state index in [4.69, 9.17) is 15.0 Å². The molecule has 0 bridgehead atoms. The molecule has 244 valence electrons. The molecule has 3 nitrogen and oxygen atoms in total. The summed E-state index contributed by atoms with van der Waals surface area (Å²) in [5, 5.41) is 2.33. The van der Waals surface area contributed by atoms with Crippen LogP contribution in [-0.2, 0) is 0 Å². The van der Waals surface area contributed by atoms with Gasteiger partial charge in [0.25, 0.3) is 0 Å². The Morgan fingerprint density at radius 2 is 0.519 bits per heavy atom. The molecule has 0 amide bonds. The molecule has 0 N–H and O–H groups in total. The molecule has 52 heavy (non-hydrogen) atoms. The summed E-state index contributed by atoms with van der Waals surface area (Å²) in [5.74, 6) is 1.94. The van der Waals surface area contributed by atoms with E-state index in [0.29, 0.717) is 17.5 Å². The zero-order valence-electron chi connectivity index (χ0n) is 28.4. The van der Waals surface area contributed by atoms with Crippen molar-refractivity contribution >= 4 is 10.8 Å². The minimum atomic E-state index is 0.639. The lowest BCUT2D eigenvalue weighted by Crippen LogP contribution is -2.00. The highest BCUT2D eigenvalue weighted by Gasteiger charge is 2.14. The fraction of sp³-hybridized carbons (Fsp3) is 0. The summed E-state index contributed by atoms with van der Waals surface area (Å²) in [6.45, 7) is 0. The molecule has 0 saturated heterocycles. The predicted octanol–water partition coefficient (Wildman–Crippen LogP) is 12.7. The smallest absolute Gasteiger partial charge is 0.164 e. The van der Waals surface area contributed by atoms with Gasteiger partial charge in [-0.05, 0) is 85.6 Å². The maximum absolute atomic E-state index is 5.05. The average molecular weight is 664 g/mol. The Balaban J connectivity index is 1.07. The molecule has 0 spiro atoms. The van der Waals surface area contributed by atoms with Crippen LogP contribution in [0.3, 0.4) is 0 Å². The number of aromatic nitrogens is 3. The second-order valence-corrected chi connectivity index (χ2v) is 12.9. The molecule has 9 rings (SSSR count). The van der Waals surface area contributed by atoms with Gasteiger partial charge in [0.2, 0.25) is 0 Å². The lowest BCUT2D eigenvalue weighted by Gasteiger charge is -2.11. The molecule has 0 aliphatic heterocycles. The fourth-order valence-electron chi connectivity index (χ4n) is 6.78. The first kappa shape index (κ1) is 31.0. The van der Waals surface area contributed by atoms with E-state index in [1.807, 2.05) is 30.3 Å². The second-order valence-electron chi connectivity index (χ2n) is 12.9. The Morgan fingerprint density at radius 1 is 0.192 bits per heavy atom. The van der Waals surface area contributed by atoms with Crippen molar-refractivity contribution in [1.29, 1.82) is 0 Å². The minimum absolute atomic E-state index is 0.639. The van der Waals surface area contributed by atoms with E-state index in [9.17, 15) is 0 Å². The molecule has 0 radical (unpaired) electrons. The van der Waals surface area contributed by atoms with Crippen LogP contribution < -0.4 is 0 Å². The van der Waals surface area contributed by atoms with Gasteiger partial charge >= 0.3 is 0 Å². The van der Waals surface area contributed by atoms with Gasteiger partial charge in [0.15, 0.2) is 17.5 Å². The van der Waals surface area contributed by atoms with Gasteiger partial charge < -0.3 is 0 Å². The number of hydrogen-bond donors (Lipinski definition) is 0. The Kier molecular flexibility index (Phi) is 8.20. The normalized spacial score (nSPS) is 11.1. The van der Waals surface area contributed by atoms with Crippen molar-refractivity contribution in [3.8, 4) is 78.7 Å². The van der Waals surface area contributed by atoms with Crippen molar-refractivity contribution in [3.63, 3.8) is 0 Å². The Hall–Kier alpha value is -6.97. The van der Waals surface area contributed by atoms with Gasteiger partial charge in [-0.25, -0.2) is 15.0 Å². The fourth-order valence-corrected chi connectivity index (χ4v) is 6.78. The first-order valence-corrected chi connectivity index (χ1v) is 17.5. The van der Waals surface area contributed by atoms with Crippen LogP contribution in [0.1, 0.15) is 0 Å². The molecule has 0 atom stereocenters. The highest BCUT2D eigenvalue weighted by Crippen LogP contribution is 2.33. The topological polar surface area (TPSA) is 38.7 Å². The summed E-state index contributed by atoms with van der Waals surface area (Å²) in [4.78, 5) is 15.0. The zero-order chi connectivity index (χ0) is 34.7. The number of nitrogens with zero attached hydrogens (tertiary/aromatic N) is 3. The van der Waals surface area contributed by atoms with E-state index in [1.54, 1.807) is 0 Å². The van der Waals surface area contributed by atoms with Crippen molar-refractivity contribution in [2.45, 2.75) is 0 Å². The van der Waals surface area contributed by atoms with Crippen LogP contribution in [0, 0.1) is 0 Å². The Morgan fingerprint density at radius 3 is 1.02 bits per heavy atom. The quantitative estimate of drug-likeness (QED) is 0.170. The first-order chi connectivity index (χ1) is 25.7. The highest BCUT2D eigenvalue weighted by atomic mass is 15.0. The van der Waals surface area contributed by atoms with Crippen molar-refractivity contribution in [3.05, 3.63) is 200 Å². The third kappa shape index (κ3) is 6.39. The maximum Gasteiger partial charge on any atom is 0.164 e. The van der Waals surface area contributed by atoms with Crippen molar-refractivity contribution in [2.75, 3.05) is 0 Å². The highest BCUT2D eigenvalue weighted by molar-refractivity contribution is 5.87. The van der Waals surface area contributed by atoms with Gasteiger partial charge in [-0.2, -0.15) is 0 Å². The van der Waals surface area contributed by atoms with Gasteiger partial charge in [0.1, 0.15) is 0 Å². The van der Waals surface area contributed by atoms with Crippen molar-refractivity contribution < 1.29 is 0 Å². The molecule has 1 heterocycles. The van der Waals surface area contributed by atoms with Gasteiger partial charge in [-0.3, -0.25) is 0 Å². The molecule has 8 aromatic carbocycles. The number of fused-ring (bicyclic) bond motifs is 1. The third-order valence-electron chi connectivity index (χ3n) is 9.49. The van der Waals surface area contributed by atoms with Crippen LogP contribution in [-0.4, -0.2) is 15.0 Å². The van der Waals surface area contributed by atoms with Crippen LogP contribution in [0.5, 0.6) is 0 Å². The predicted molar refractivity (Wildman–Crippen MR) is 215 cm³/mol. The summed E-state index contributed by atoms with van der Waals surface area (Å²) >= 11 is 0. The van der Waals surface area contributed by atoms with Crippen molar-refractivity contribution in [2.24, 2.45) is 0 Å². The maximum atomic E-state index is 5.05. The molecule has 0 aliphatic carbocycles. The van der Waals surface area contributed by atoms with Gasteiger partial charge in [0, 0.05) is 16.7 Å². The second kappa shape index (κ2) is 13.7. The number of hydrogen-bond acceptors (Lipinski definition) is 3. The first-order valence-electron chi connectivity index (χ1n) is 17.5. The average Bonchev–Trinajstić information content (AvgIpc) is 3.24. The van der Waals surface area contributed by atoms with Crippen LogP contribution in [0.15, 0.2) is 200 Å². The molecule has 0 unspecified atom stereocenters. The van der Waals surface area contributed by atoms with E-state index in [-0.39, 0.29) is 0 Å². The molecule has 1 aromatic heterocycles. The molecule has 0 saturated carbocycles. The van der Waals surface area contributed by atoms with Crippen LogP contribution in [0.4, 0.5) is 0 Å². The van der Waals surface area contributed by atoms with Crippen LogP contribution >= 0.6 is 0 Å². The lowest BCUT2D eigenvalue weighted by atomic mass is 9.94. The largest absolute Gasteiger partial charge is 0.208 e. The molecule has 0 fully saturated rings. The molecule has 3 heteroatoms. The molecular weight excluding hydrogens is 631 g/mol. The summed E-state index contributed by atoms with van der Waals surface area (Å²) in [7, 11) is 0. The lowest BCUT2D eigenvalue weighted by molar-refractivity contribution is 1.07. The molecule has 9 aromatic rings.